The fraction of sp³-hybridized carbons (Fsp3) is 0.286. The van der Waals surface area contributed by atoms with Crippen LogP contribution in [0.3, 0.4) is 0 Å². The van der Waals surface area contributed by atoms with Crippen LogP contribution in [0.15, 0.2) is 36.4 Å². The quantitative estimate of drug-likeness (QED) is 0.504. The number of aryl methyl sites for hydroxylation is 3. The Balaban J connectivity index is 1.52. The minimum atomic E-state index is -0.343. The van der Waals surface area contributed by atoms with Gasteiger partial charge in [0, 0.05) is 5.69 Å². The Morgan fingerprint density at radius 2 is 1.84 bits per heavy atom. The van der Waals surface area contributed by atoms with Gasteiger partial charge < -0.3 is 20.7 Å². The second-order valence-corrected chi connectivity index (χ2v) is 7.02. The second kappa shape index (κ2) is 9.70. The van der Waals surface area contributed by atoms with Gasteiger partial charge in [-0.05, 0) is 66.6 Å². The Morgan fingerprint density at radius 3 is 2.55 bits per heavy atom. The van der Waals surface area contributed by atoms with E-state index >= 15 is 0 Å². The molecule has 10 heteroatoms. The Morgan fingerprint density at radius 1 is 1.03 bits per heavy atom. The summed E-state index contributed by atoms with van der Waals surface area (Å²) >= 11 is 0. The number of benzene rings is 2. The number of hydrogen-bond acceptors (Lipinski definition) is 7. The highest BCUT2D eigenvalue weighted by molar-refractivity contribution is 5.96. The third-order valence-corrected chi connectivity index (χ3v) is 4.59. The summed E-state index contributed by atoms with van der Waals surface area (Å²) < 4.78 is 6.87. The molecule has 10 nitrogen and oxygen atoms in total. The van der Waals surface area contributed by atoms with E-state index < -0.39 is 0 Å². The van der Waals surface area contributed by atoms with E-state index in [1.165, 1.54) is 7.11 Å². The molecule has 0 unspecified atom stereocenters. The highest BCUT2D eigenvalue weighted by Crippen LogP contribution is 2.25. The van der Waals surface area contributed by atoms with E-state index in [9.17, 15) is 9.59 Å². The second-order valence-electron chi connectivity index (χ2n) is 7.02. The van der Waals surface area contributed by atoms with E-state index in [0.717, 1.165) is 22.5 Å². The van der Waals surface area contributed by atoms with Crippen molar-refractivity contribution in [2.45, 2.75) is 20.8 Å². The summed E-state index contributed by atoms with van der Waals surface area (Å²) in [6, 6.07) is 11.1. The molecule has 3 N–H and O–H groups in total. The van der Waals surface area contributed by atoms with E-state index in [2.05, 4.69) is 31.5 Å². The number of ether oxygens (including phenoxy) is 1. The summed E-state index contributed by atoms with van der Waals surface area (Å²) in [7, 11) is 1.53. The van der Waals surface area contributed by atoms with Crippen molar-refractivity contribution in [3.63, 3.8) is 0 Å². The molecule has 2 aromatic carbocycles. The van der Waals surface area contributed by atoms with E-state index in [4.69, 9.17) is 4.74 Å². The lowest BCUT2D eigenvalue weighted by atomic mass is 10.2. The molecule has 162 valence electrons. The number of tetrazole rings is 1. The van der Waals surface area contributed by atoms with Gasteiger partial charge in [-0.3, -0.25) is 9.59 Å². The summed E-state index contributed by atoms with van der Waals surface area (Å²) in [6.07, 6.45) is 0. The highest BCUT2D eigenvalue weighted by atomic mass is 16.5. The van der Waals surface area contributed by atoms with E-state index in [0.29, 0.717) is 17.3 Å². The summed E-state index contributed by atoms with van der Waals surface area (Å²) in [5.41, 5.74) is 4.09. The highest BCUT2D eigenvalue weighted by Gasteiger charge is 2.11. The monoisotopic (exact) mass is 423 g/mol. The normalized spacial score (nSPS) is 10.5. The Bertz CT molecular complexity index is 1090. The molecular formula is C21H25N7O3. The number of nitrogens with one attached hydrogen (secondary N) is 3. The van der Waals surface area contributed by atoms with Crippen LogP contribution in [-0.4, -0.2) is 52.2 Å². The topological polar surface area (TPSA) is 123 Å². The molecule has 3 aromatic rings. The molecular weight excluding hydrogens is 398 g/mol. The maximum absolute atomic E-state index is 12.2. The predicted octanol–water partition coefficient (Wildman–Crippen LogP) is 1.76. The van der Waals surface area contributed by atoms with E-state index in [-0.39, 0.29) is 24.9 Å². The SMILES string of the molecule is COc1ccc(C)cc1NC(=O)CNC(=O)CNc1ccc(C)c(-n2nnnc2C)c1. The van der Waals surface area contributed by atoms with Gasteiger partial charge in [-0.2, -0.15) is 4.68 Å². The van der Waals surface area contributed by atoms with Crippen LogP contribution in [0, 0.1) is 20.8 Å². The van der Waals surface area contributed by atoms with Gasteiger partial charge in [-0.15, -0.1) is 5.10 Å². The average Bonchev–Trinajstić information content (AvgIpc) is 3.17. The van der Waals surface area contributed by atoms with Gasteiger partial charge in [-0.1, -0.05) is 12.1 Å². The van der Waals surface area contributed by atoms with E-state index in [1.807, 2.05) is 45.0 Å². The number of aromatic nitrogens is 4. The molecule has 1 heterocycles. The standard InChI is InChI=1S/C21H25N7O3/c1-13-5-8-19(31-4)17(9-13)24-21(30)12-23-20(29)11-22-16-7-6-14(2)18(10-16)28-15(3)25-26-27-28/h5-10,22H,11-12H2,1-4H3,(H,23,29)(H,24,30). The third-order valence-electron chi connectivity index (χ3n) is 4.59. The lowest BCUT2D eigenvalue weighted by Crippen LogP contribution is -2.36. The Labute approximate surface area is 180 Å². The van der Waals surface area contributed by atoms with Gasteiger partial charge in [0.05, 0.1) is 31.6 Å². The molecule has 0 aliphatic heterocycles. The van der Waals surface area contributed by atoms with Crippen LogP contribution in [0.4, 0.5) is 11.4 Å². The van der Waals surface area contributed by atoms with Crippen LogP contribution >= 0.6 is 0 Å². The van der Waals surface area contributed by atoms with Crippen LogP contribution in [0.2, 0.25) is 0 Å². The number of hydrogen-bond donors (Lipinski definition) is 3. The van der Waals surface area contributed by atoms with Crippen LogP contribution in [-0.2, 0) is 9.59 Å². The van der Waals surface area contributed by atoms with Gasteiger partial charge >= 0.3 is 0 Å². The van der Waals surface area contributed by atoms with E-state index in [1.54, 1.807) is 16.8 Å². The first kappa shape index (κ1) is 21.8. The van der Waals surface area contributed by atoms with Crippen LogP contribution in [0.5, 0.6) is 5.75 Å². The third kappa shape index (κ3) is 5.56. The van der Waals surface area contributed by atoms with Crippen LogP contribution in [0.1, 0.15) is 17.0 Å². The molecule has 0 spiro atoms. The van der Waals surface area contributed by atoms with Gasteiger partial charge in [-0.25, -0.2) is 0 Å². The Hall–Kier alpha value is -3.95. The molecule has 31 heavy (non-hydrogen) atoms. The van der Waals surface area contributed by atoms with Gasteiger partial charge in [0.1, 0.15) is 5.75 Å². The number of methoxy groups -OCH3 is 1. The van der Waals surface area contributed by atoms with Crippen LogP contribution in [0.25, 0.3) is 5.69 Å². The summed E-state index contributed by atoms with van der Waals surface area (Å²) in [4.78, 5) is 24.4. The van der Waals surface area contributed by atoms with Crippen molar-refractivity contribution < 1.29 is 14.3 Å². The number of rotatable bonds is 8. The molecule has 2 amide bonds. The summed E-state index contributed by atoms with van der Waals surface area (Å²) in [5, 5.41) is 19.9. The zero-order valence-electron chi connectivity index (χ0n) is 17.9. The molecule has 0 aliphatic rings. The molecule has 0 saturated heterocycles. The fourth-order valence-corrected chi connectivity index (χ4v) is 2.94. The first-order valence-corrected chi connectivity index (χ1v) is 9.68. The zero-order valence-corrected chi connectivity index (χ0v) is 17.9. The minimum Gasteiger partial charge on any atom is -0.495 e. The van der Waals surface area contributed by atoms with Crippen LogP contribution < -0.4 is 20.7 Å². The largest absolute Gasteiger partial charge is 0.495 e. The van der Waals surface area contributed by atoms with Crippen molar-refractivity contribution in [1.29, 1.82) is 0 Å². The summed E-state index contributed by atoms with van der Waals surface area (Å²) in [6.45, 7) is 5.54. The van der Waals surface area contributed by atoms with Gasteiger partial charge in [0.25, 0.3) is 0 Å². The maximum atomic E-state index is 12.2. The number of amides is 2. The lowest BCUT2D eigenvalue weighted by molar-refractivity contribution is -0.122. The zero-order chi connectivity index (χ0) is 22.4. The smallest absolute Gasteiger partial charge is 0.243 e. The minimum absolute atomic E-state index is 0.0120. The molecule has 0 saturated carbocycles. The molecule has 0 bridgehead atoms. The van der Waals surface area contributed by atoms with Crippen molar-refractivity contribution in [2.75, 3.05) is 30.8 Å². The fourth-order valence-electron chi connectivity index (χ4n) is 2.94. The molecule has 0 radical (unpaired) electrons. The number of carbonyl (C=O) groups is 2. The van der Waals surface area contributed by atoms with Crippen molar-refractivity contribution in [3.05, 3.63) is 53.3 Å². The number of nitrogens with zero attached hydrogens (tertiary/aromatic N) is 4. The lowest BCUT2D eigenvalue weighted by Gasteiger charge is -2.12. The first-order chi connectivity index (χ1) is 14.9. The van der Waals surface area contributed by atoms with Crippen molar-refractivity contribution in [1.82, 2.24) is 25.5 Å². The molecule has 1 aromatic heterocycles. The van der Waals surface area contributed by atoms with Gasteiger partial charge in [0.15, 0.2) is 5.82 Å². The average molecular weight is 423 g/mol. The molecule has 3 rings (SSSR count). The summed E-state index contributed by atoms with van der Waals surface area (Å²) in [5.74, 6) is 0.560. The number of anilines is 2. The molecule has 0 atom stereocenters. The van der Waals surface area contributed by atoms with Gasteiger partial charge in [0.2, 0.25) is 11.8 Å². The Kier molecular flexibility index (Phi) is 6.81. The van der Waals surface area contributed by atoms with Crippen molar-refractivity contribution in [3.8, 4) is 11.4 Å². The molecule has 0 aliphatic carbocycles. The predicted molar refractivity (Wildman–Crippen MR) is 116 cm³/mol. The number of carbonyl (C=O) groups excluding carboxylic acids is 2. The maximum Gasteiger partial charge on any atom is 0.243 e. The molecule has 0 fully saturated rings. The van der Waals surface area contributed by atoms with Crippen molar-refractivity contribution in [2.24, 2.45) is 0 Å². The van der Waals surface area contributed by atoms with Crippen molar-refractivity contribution >= 4 is 23.2 Å². The first-order valence-electron chi connectivity index (χ1n) is 9.68.